The summed E-state index contributed by atoms with van der Waals surface area (Å²) in [5.41, 5.74) is 1.98. The van der Waals surface area contributed by atoms with Crippen molar-refractivity contribution in [3.8, 4) is 0 Å². The van der Waals surface area contributed by atoms with E-state index in [-0.39, 0.29) is 30.5 Å². The minimum atomic E-state index is -0.704. The van der Waals surface area contributed by atoms with Crippen LogP contribution in [-0.2, 0) is 20.9 Å². The molecule has 2 fully saturated rings. The Bertz CT molecular complexity index is 803. The van der Waals surface area contributed by atoms with Crippen LogP contribution in [0.2, 0.25) is 0 Å². The van der Waals surface area contributed by atoms with Crippen LogP contribution in [0.5, 0.6) is 0 Å². The Hall–Kier alpha value is -2.66. The lowest BCUT2D eigenvalue weighted by molar-refractivity contribution is -0.168. The van der Waals surface area contributed by atoms with E-state index >= 15 is 0 Å². The molecule has 1 aliphatic carbocycles. The number of carbonyl (C=O) groups excluding carboxylic acids is 2. The second-order valence-electron chi connectivity index (χ2n) is 7.53. The molecule has 2 amide bonds. The van der Waals surface area contributed by atoms with Gasteiger partial charge in [-0.15, -0.1) is 0 Å². The van der Waals surface area contributed by atoms with Crippen LogP contribution >= 0.6 is 0 Å². The van der Waals surface area contributed by atoms with Crippen molar-refractivity contribution in [1.82, 2.24) is 10.2 Å². The van der Waals surface area contributed by atoms with Gasteiger partial charge in [-0.2, -0.15) is 0 Å². The maximum absolute atomic E-state index is 13.0. The molecule has 146 valence electrons. The van der Waals surface area contributed by atoms with Crippen LogP contribution in [0.25, 0.3) is 0 Å². The number of hydrogen-bond donors (Lipinski definition) is 1. The van der Waals surface area contributed by atoms with Gasteiger partial charge in [0, 0.05) is 12.6 Å². The Morgan fingerprint density at radius 3 is 2.32 bits per heavy atom. The molecule has 28 heavy (non-hydrogen) atoms. The number of ether oxygens (including phenoxy) is 1. The Balaban J connectivity index is 1.58. The van der Waals surface area contributed by atoms with Crippen LogP contribution in [-0.4, -0.2) is 35.5 Å². The van der Waals surface area contributed by atoms with E-state index in [1.807, 2.05) is 65.6 Å². The van der Waals surface area contributed by atoms with Crippen molar-refractivity contribution in [3.05, 3.63) is 71.8 Å². The van der Waals surface area contributed by atoms with Gasteiger partial charge < -0.3 is 15.0 Å². The fourth-order valence-electron chi connectivity index (χ4n) is 4.33. The van der Waals surface area contributed by atoms with Gasteiger partial charge in [-0.25, -0.2) is 0 Å². The maximum Gasteiger partial charge on any atom is 0.251 e. The Morgan fingerprint density at radius 1 is 1.00 bits per heavy atom. The first kappa shape index (κ1) is 18.7. The van der Waals surface area contributed by atoms with Gasteiger partial charge in [0.15, 0.2) is 6.10 Å². The lowest BCUT2D eigenvalue weighted by Gasteiger charge is -2.43. The summed E-state index contributed by atoms with van der Waals surface area (Å²) in [6.45, 7) is 0.404. The predicted molar refractivity (Wildman–Crippen MR) is 106 cm³/mol. The second kappa shape index (κ2) is 8.57. The molecule has 1 heterocycles. The lowest BCUT2D eigenvalue weighted by atomic mass is 9.95. The van der Waals surface area contributed by atoms with Gasteiger partial charge in [-0.3, -0.25) is 9.59 Å². The van der Waals surface area contributed by atoms with Crippen LogP contribution < -0.4 is 5.32 Å². The van der Waals surface area contributed by atoms with Crippen LogP contribution in [0, 0.1) is 0 Å². The number of carbonyl (C=O) groups is 2. The number of nitrogens with zero attached hydrogens (tertiary/aromatic N) is 1. The van der Waals surface area contributed by atoms with Crippen molar-refractivity contribution >= 4 is 11.8 Å². The van der Waals surface area contributed by atoms with E-state index < -0.39 is 6.10 Å². The molecule has 5 heteroatoms. The summed E-state index contributed by atoms with van der Waals surface area (Å²) in [5, 5.41) is 2.99. The zero-order valence-electron chi connectivity index (χ0n) is 15.9. The van der Waals surface area contributed by atoms with Gasteiger partial charge in [-0.1, -0.05) is 73.5 Å². The lowest BCUT2D eigenvalue weighted by Crippen LogP contribution is -2.56. The molecule has 5 nitrogen and oxygen atoms in total. The molecule has 0 aromatic heterocycles. The minimum absolute atomic E-state index is 0.0205. The number of nitrogens with one attached hydrogen (secondary N) is 1. The quantitative estimate of drug-likeness (QED) is 0.869. The van der Waals surface area contributed by atoms with Crippen LogP contribution in [0.3, 0.4) is 0 Å². The SMILES string of the molecule is O=C(NCc1ccccc1)[C@H]1OCC(=O)N(C2CCCC2)[C@@H]1c1ccccc1. The molecule has 1 saturated carbocycles. The van der Waals surface area contributed by atoms with E-state index in [4.69, 9.17) is 4.74 Å². The maximum atomic E-state index is 13.0. The highest BCUT2D eigenvalue weighted by atomic mass is 16.5. The van der Waals surface area contributed by atoms with Crippen LogP contribution in [0.1, 0.15) is 42.9 Å². The van der Waals surface area contributed by atoms with Crippen molar-refractivity contribution in [3.63, 3.8) is 0 Å². The average molecular weight is 378 g/mol. The first-order valence-electron chi connectivity index (χ1n) is 10.0. The standard InChI is InChI=1S/C23H26N2O3/c26-20-16-28-22(23(27)24-15-17-9-3-1-4-10-17)21(18-11-5-2-6-12-18)25(20)19-13-7-8-14-19/h1-6,9-12,19,21-22H,7-8,13-16H2,(H,24,27)/t21-,22+/m1/s1. The van der Waals surface area contributed by atoms with Crippen LogP contribution in [0.15, 0.2) is 60.7 Å². The van der Waals surface area contributed by atoms with Gasteiger partial charge in [0.2, 0.25) is 5.91 Å². The fourth-order valence-corrected chi connectivity index (χ4v) is 4.33. The monoisotopic (exact) mass is 378 g/mol. The van der Waals surface area contributed by atoms with E-state index in [9.17, 15) is 9.59 Å². The normalized spacial score (nSPS) is 23.0. The molecule has 0 unspecified atom stereocenters. The number of rotatable bonds is 5. The second-order valence-corrected chi connectivity index (χ2v) is 7.53. The highest BCUT2D eigenvalue weighted by molar-refractivity contribution is 5.86. The zero-order valence-corrected chi connectivity index (χ0v) is 15.9. The Labute approximate surface area is 165 Å². The molecule has 2 atom stereocenters. The van der Waals surface area contributed by atoms with Crippen molar-refractivity contribution in [2.45, 2.75) is 50.4 Å². The highest BCUT2D eigenvalue weighted by Crippen LogP contribution is 2.36. The topological polar surface area (TPSA) is 58.6 Å². The molecule has 0 bridgehead atoms. The molecule has 2 aromatic rings. The molecular weight excluding hydrogens is 352 g/mol. The fraction of sp³-hybridized carbons (Fsp3) is 0.391. The van der Waals surface area contributed by atoms with Crippen molar-refractivity contribution < 1.29 is 14.3 Å². The summed E-state index contributed by atoms with van der Waals surface area (Å²) in [7, 11) is 0. The van der Waals surface area contributed by atoms with E-state index in [1.165, 1.54) is 0 Å². The van der Waals surface area contributed by atoms with E-state index in [0.717, 1.165) is 36.8 Å². The van der Waals surface area contributed by atoms with Gasteiger partial charge in [0.25, 0.3) is 5.91 Å². The third kappa shape index (κ3) is 3.94. The molecule has 1 N–H and O–H groups in total. The average Bonchev–Trinajstić information content (AvgIpc) is 3.27. The van der Waals surface area contributed by atoms with Crippen molar-refractivity contribution in [2.24, 2.45) is 0 Å². The summed E-state index contributed by atoms with van der Waals surface area (Å²) >= 11 is 0. The smallest absolute Gasteiger partial charge is 0.251 e. The molecule has 4 rings (SSSR count). The molecular formula is C23H26N2O3. The number of benzene rings is 2. The van der Waals surface area contributed by atoms with Gasteiger partial charge in [0.05, 0.1) is 6.04 Å². The summed E-state index contributed by atoms with van der Waals surface area (Å²) in [4.78, 5) is 27.8. The third-order valence-electron chi connectivity index (χ3n) is 5.69. The van der Waals surface area contributed by atoms with E-state index in [1.54, 1.807) is 0 Å². The number of morpholine rings is 1. The first-order valence-corrected chi connectivity index (χ1v) is 10.0. The molecule has 2 aromatic carbocycles. The molecule has 0 radical (unpaired) electrons. The molecule has 2 aliphatic rings. The van der Waals surface area contributed by atoms with E-state index in [2.05, 4.69) is 5.32 Å². The Morgan fingerprint density at radius 2 is 1.64 bits per heavy atom. The summed E-state index contributed by atoms with van der Waals surface area (Å²) in [6.07, 6.45) is 3.54. The van der Waals surface area contributed by atoms with Gasteiger partial charge in [-0.05, 0) is 24.0 Å². The minimum Gasteiger partial charge on any atom is -0.356 e. The molecule has 1 aliphatic heterocycles. The Kier molecular flexibility index (Phi) is 5.72. The molecule has 0 spiro atoms. The highest BCUT2D eigenvalue weighted by Gasteiger charge is 2.44. The zero-order chi connectivity index (χ0) is 19.3. The summed E-state index contributed by atoms with van der Waals surface area (Å²) in [6, 6.07) is 19.4. The van der Waals surface area contributed by atoms with E-state index in [0.29, 0.717) is 6.54 Å². The summed E-state index contributed by atoms with van der Waals surface area (Å²) < 4.78 is 5.79. The van der Waals surface area contributed by atoms with Crippen molar-refractivity contribution in [1.29, 1.82) is 0 Å². The van der Waals surface area contributed by atoms with Gasteiger partial charge in [0.1, 0.15) is 6.61 Å². The predicted octanol–water partition coefficient (Wildman–Crippen LogP) is 3.21. The molecule has 1 saturated heterocycles. The number of hydrogen-bond acceptors (Lipinski definition) is 3. The first-order chi connectivity index (χ1) is 13.7. The largest absolute Gasteiger partial charge is 0.356 e. The van der Waals surface area contributed by atoms with Crippen LogP contribution in [0.4, 0.5) is 0 Å². The van der Waals surface area contributed by atoms with Crippen molar-refractivity contribution in [2.75, 3.05) is 6.61 Å². The van der Waals surface area contributed by atoms with Gasteiger partial charge >= 0.3 is 0 Å². The number of amides is 2. The summed E-state index contributed by atoms with van der Waals surface area (Å²) in [5.74, 6) is -0.193. The third-order valence-corrected chi connectivity index (χ3v) is 5.69.